The monoisotopic (exact) mass is 274 g/mol. The molecule has 0 radical (unpaired) electrons. The second-order valence-electron chi connectivity index (χ2n) is 4.08. The van der Waals surface area contributed by atoms with Gasteiger partial charge in [0.2, 0.25) is 5.91 Å². The van der Waals surface area contributed by atoms with Crippen LogP contribution in [0.5, 0.6) is 0 Å². The van der Waals surface area contributed by atoms with E-state index in [4.69, 9.17) is 5.11 Å². The summed E-state index contributed by atoms with van der Waals surface area (Å²) in [5, 5.41) is 11.4. The SMILES string of the molecule is O=C(Cc1ccncc1)Nc1ccc(F)cc1C(=O)O. The first-order valence-corrected chi connectivity index (χ1v) is 5.78. The maximum absolute atomic E-state index is 13.0. The number of hydrogen-bond acceptors (Lipinski definition) is 3. The molecule has 0 bridgehead atoms. The lowest BCUT2D eigenvalue weighted by atomic mass is 10.1. The second kappa shape index (κ2) is 5.92. The summed E-state index contributed by atoms with van der Waals surface area (Å²) in [5.74, 6) is -2.36. The number of pyridine rings is 1. The highest BCUT2D eigenvalue weighted by Crippen LogP contribution is 2.17. The molecule has 0 aliphatic heterocycles. The lowest BCUT2D eigenvalue weighted by Gasteiger charge is -2.08. The zero-order valence-electron chi connectivity index (χ0n) is 10.3. The van der Waals surface area contributed by atoms with Crippen molar-refractivity contribution in [3.05, 3.63) is 59.7 Å². The Bertz CT molecular complexity index is 644. The van der Waals surface area contributed by atoms with Crippen molar-refractivity contribution in [3.63, 3.8) is 0 Å². The van der Waals surface area contributed by atoms with Gasteiger partial charge in [-0.2, -0.15) is 0 Å². The molecule has 0 saturated heterocycles. The zero-order valence-corrected chi connectivity index (χ0v) is 10.3. The summed E-state index contributed by atoms with van der Waals surface area (Å²) in [6.45, 7) is 0. The molecule has 1 heterocycles. The highest BCUT2D eigenvalue weighted by molar-refractivity contribution is 6.01. The van der Waals surface area contributed by atoms with Crippen molar-refractivity contribution in [2.24, 2.45) is 0 Å². The molecule has 0 aliphatic rings. The van der Waals surface area contributed by atoms with Crippen molar-refractivity contribution in [1.82, 2.24) is 4.98 Å². The van der Waals surface area contributed by atoms with Gasteiger partial charge in [-0.15, -0.1) is 0 Å². The van der Waals surface area contributed by atoms with Crippen molar-refractivity contribution < 1.29 is 19.1 Å². The Morgan fingerprint density at radius 3 is 2.55 bits per heavy atom. The van der Waals surface area contributed by atoms with Gasteiger partial charge in [0.05, 0.1) is 17.7 Å². The minimum atomic E-state index is -1.30. The van der Waals surface area contributed by atoms with E-state index < -0.39 is 11.8 Å². The van der Waals surface area contributed by atoms with Crippen LogP contribution in [0.4, 0.5) is 10.1 Å². The highest BCUT2D eigenvalue weighted by atomic mass is 19.1. The van der Waals surface area contributed by atoms with Crippen molar-refractivity contribution >= 4 is 17.6 Å². The molecule has 0 atom stereocenters. The molecule has 0 spiro atoms. The Morgan fingerprint density at radius 1 is 1.20 bits per heavy atom. The fourth-order valence-corrected chi connectivity index (χ4v) is 1.68. The predicted molar refractivity (Wildman–Crippen MR) is 69.9 cm³/mol. The average molecular weight is 274 g/mol. The van der Waals surface area contributed by atoms with Gasteiger partial charge in [0.25, 0.3) is 0 Å². The van der Waals surface area contributed by atoms with E-state index in [2.05, 4.69) is 10.3 Å². The van der Waals surface area contributed by atoms with E-state index >= 15 is 0 Å². The number of nitrogens with zero attached hydrogens (tertiary/aromatic N) is 1. The third-order valence-electron chi connectivity index (χ3n) is 2.60. The molecule has 0 fully saturated rings. The maximum atomic E-state index is 13.0. The topological polar surface area (TPSA) is 79.3 Å². The first kappa shape index (κ1) is 13.7. The number of rotatable bonds is 4. The predicted octanol–water partition coefficient (Wildman–Crippen LogP) is 2.10. The first-order valence-electron chi connectivity index (χ1n) is 5.78. The van der Waals surface area contributed by atoms with Gasteiger partial charge in [-0.05, 0) is 35.9 Å². The molecule has 20 heavy (non-hydrogen) atoms. The molecule has 2 rings (SSSR count). The number of anilines is 1. The van der Waals surface area contributed by atoms with Crippen LogP contribution >= 0.6 is 0 Å². The number of aromatic nitrogens is 1. The Labute approximate surface area is 114 Å². The fourth-order valence-electron chi connectivity index (χ4n) is 1.68. The summed E-state index contributed by atoms with van der Waals surface area (Å²) in [5.41, 5.74) is 0.530. The summed E-state index contributed by atoms with van der Waals surface area (Å²) in [6, 6.07) is 6.55. The third-order valence-corrected chi connectivity index (χ3v) is 2.60. The smallest absolute Gasteiger partial charge is 0.337 e. The van der Waals surface area contributed by atoms with E-state index in [0.29, 0.717) is 0 Å². The molecule has 0 saturated carbocycles. The molecule has 5 nitrogen and oxygen atoms in total. The van der Waals surface area contributed by atoms with Gasteiger partial charge in [-0.3, -0.25) is 9.78 Å². The lowest BCUT2D eigenvalue weighted by molar-refractivity contribution is -0.115. The van der Waals surface area contributed by atoms with E-state index in [1.165, 1.54) is 6.07 Å². The second-order valence-corrected chi connectivity index (χ2v) is 4.08. The number of benzene rings is 1. The van der Waals surface area contributed by atoms with Crippen molar-refractivity contribution in [2.75, 3.05) is 5.32 Å². The van der Waals surface area contributed by atoms with Gasteiger partial charge >= 0.3 is 5.97 Å². The number of carboxylic acid groups (broad SMARTS) is 1. The minimum Gasteiger partial charge on any atom is -0.478 e. The summed E-state index contributed by atoms with van der Waals surface area (Å²) >= 11 is 0. The van der Waals surface area contributed by atoms with Crippen LogP contribution in [0.3, 0.4) is 0 Å². The van der Waals surface area contributed by atoms with Crippen LogP contribution in [0.1, 0.15) is 15.9 Å². The van der Waals surface area contributed by atoms with Crippen molar-refractivity contribution in [2.45, 2.75) is 6.42 Å². The van der Waals surface area contributed by atoms with Crippen LogP contribution in [0, 0.1) is 5.82 Å². The standard InChI is InChI=1S/C14H11FN2O3/c15-10-1-2-12(11(8-10)14(19)20)17-13(18)7-9-3-5-16-6-4-9/h1-6,8H,7H2,(H,17,18)(H,19,20). The van der Waals surface area contributed by atoms with E-state index in [1.54, 1.807) is 24.5 Å². The summed E-state index contributed by atoms with van der Waals surface area (Å²) in [7, 11) is 0. The third kappa shape index (κ3) is 3.38. The van der Waals surface area contributed by atoms with E-state index in [1.807, 2.05) is 0 Å². The molecule has 2 N–H and O–H groups in total. The van der Waals surface area contributed by atoms with Gasteiger partial charge < -0.3 is 10.4 Å². The maximum Gasteiger partial charge on any atom is 0.337 e. The number of hydrogen-bond donors (Lipinski definition) is 2. The molecule has 1 amide bonds. The van der Waals surface area contributed by atoms with E-state index in [0.717, 1.165) is 17.7 Å². The van der Waals surface area contributed by atoms with E-state index in [-0.39, 0.29) is 23.6 Å². The highest BCUT2D eigenvalue weighted by Gasteiger charge is 2.13. The molecule has 2 aromatic rings. The van der Waals surface area contributed by atoms with Gasteiger partial charge in [0, 0.05) is 12.4 Å². The number of carboxylic acids is 1. The number of halogens is 1. The summed E-state index contributed by atoms with van der Waals surface area (Å²) in [4.78, 5) is 26.6. The number of carbonyl (C=O) groups excluding carboxylic acids is 1. The zero-order chi connectivity index (χ0) is 14.5. The van der Waals surface area contributed by atoms with Crippen LogP contribution in [-0.2, 0) is 11.2 Å². The Hall–Kier alpha value is -2.76. The molecule has 0 unspecified atom stereocenters. The Morgan fingerprint density at radius 2 is 1.90 bits per heavy atom. The number of amides is 1. The summed E-state index contributed by atoms with van der Waals surface area (Å²) < 4.78 is 13.0. The van der Waals surface area contributed by atoms with Gasteiger partial charge in [-0.25, -0.2) is 9.18 Å². The Kier molecular flexibility index (Phi) is 4.05. The molecular weight excluding hydrogens is 263 g/mol. The largest absolute Gasteiger partial charge is 0.478 e. The molecule has 1 aromatic carbocycles. The molecule has 102 valence electrons. The molecule has 0 aliphatic carbocycles. The van der Waals surface area contributed by atoms with Gasteiger partial charge in [0.15, 0.2) is 0 Å². The average Bonchev–Trinajstić information content (AvgIpc) is 2.41. The van der Waals surface area contributed by atoms with Crippen LogP contribution in [0.2, 0.25) is 0 Å². The van der Waals surface area contributed by atoms with Crippen molar-refractivity contribution in [1.29, 1.82) is 0 Å². The van der Waals surface area contributed by atoms with Crippen molar-refractivity contribution in [3.8, 4) is 0 Å². The quantitative estimate of drug-likeness (QED) is 0.894. The normalized spacial score (nSPS) is 10.1. The number of carbonyl (C=O) groups is 2. The molecule has 1 aromatic heterocycles. The van der Waals surface area contributed by atoms with Gasteiger partial charge in [-0.1, -0.05) is 0 Å². The van der Waals surface area contributed by atoms with E-state index in [9.17, 15) is 14.0 Å². The lowest BCUT2D eigenvalue weighted by Crippen LogP contribution is -2.17. The van der Waals surface area contributed by atoms with Gasteiger partial charge in [0.1, 0.15) is 5.82 Å². The fraction of sp³-hybridized carbons (Fsp3) is 0.0714. The first-order chi connectivity index (χ1) is 9.56. The molecular formula is C14H11FN2O3. The minimum absolute atomic E-state index is 0.0676. The Balaban J connectivity index is 2.14. The number of aromatic carboxylic acids is 1. The van der Waals surface area contributed by atoms with Crippen LogP contribution in [-0.4, -0.2) is 22.0 Å². The van der Waals surface area contributed by atoms with Crippen LogP contribution in [0.15, 0.2) is 42.7 Å². The summed E-state index contributed by atoms with van der Waals surface area (Å²) in [6.07, 6.45) is 3.20. The number of nitrogens with one attached hydrogen (secondary N) is 1. The van der Waals surface area contributed by atoms with Crippen LogP contribution in [0.25, 0.3) is 0 Å². The van der Waals surface area contributed by atoms with Crippen LogP contribution < -0.4 is 5.32 Å². The molecule has 6 heteroatoms.